The highest BCUT2D eigenvalue weighted by atomic mass is 19.4. The van der Waals surface area contributed by atoms with Crippen molar-refractivity contribution in [3.63, 3.8) is 0 Å². The molecule has 0 saturated heterocycles. The molecular weight excluding hydrogens is 340 g/mol. The Morgan fingerprint density at radius 3 is 2.17 bits per heavy atom. The lowest BCUT2D eigenvalue weighted by Gasteiger charge is -2.37. The number of amides is 1. The number of rotatable bonds is 4. The van der Waals surface area contributed by atoms with Crippen molar-refractivity contribution in [1.29, 1.82) is 5.26 Å². The zero-order chi connectivity index (χ0) is 18.9. The van der Waals surface area contributed by atoms with Crippen molar-refractivity contribution in [2.45, 2.75) is 24.8 Å². The van der Waals surface area contributed by atoms with Gasteiger partial charge >= 0.3 is 12.4 Å². The largest absolute Gasteiger partial charge is 0.417 e. The van der Waals surface area contributed by atoms with Crippen LogP contribution in [-0.4, -0.2) is 30.6 Å². The number of benzene rings is 1. The fourth-order valence-electron chi connectivity index (χ4n) is 2.16. The van der Waals surface area contributed by atoms with Crippen LogP contribution in [0, 0.1) is 11.3 Å². The van der Waals surface area contributed by atoms with Crippen LogP contribution in [-0.2, 0) is 16.5 Å². The number of carbonyl (C=O) groups is 1. The molecule has 0 aromatic heterocycles. The number of nitriles is 1. The second-order valence-electron chi connectivity index (χ2n) is 5.28. The standard InChI is InChI=1S/C14H13F6N3O/c1-12(11(22)24,23(2)7-13(15,16)17)9-4-3-8(6-21)10(5-9)14(18,19)20/h3-5H,7H2,1-2H3,(H2,22,24)/t12-/m1/s1. The fraction of sp³-hybridized carbons (Fsp3) is 0.429. The van der Waals surface area contributed by atoms with Gasteiger partial charge < -0.3 is 5.73 Å². The van der Waals surface area contributed by atoms with Crippen LogP contribution in [0.3, 0.4) is 0 Å². The summed E-state index contributed by atoms with van der Waals surface area (Å²) in [5.74, 6) is -1.26. The molecule has 1 amide bonds. The Labute approximate surface area is 133 Å². The molecule has 0 aliphatic rings. The first kappa shape index (κ1) is 19.8. The third-order valence-corrected chi connectivity index (χ3v) is 3.67. The van der Waals surface area contributed by atoms with Gasteiger partial charge in [0.15, 0.2) is 0 Å². The molecule has 2 N–H and O–H groups in total. The molecule has 0 saturated carbocycles. The Bertz CT molecular complexity index is 677. The fourth-order valence-corrected chi connectivity index (χ4v) is 2.16. The predicted molar refractivity (Wildman–Crippen MR) is 71.4 cm³/mol. The van der Waals surface area contributed by atoms with Crippen molar-refractivity contribution in [2.75, 3.05) is 13.6 Å². The SMILES string of the molecule is CN(CC(F)(F)F)[C@@](C)(C(N)=O)c1ccc(C#N)c(C(F)(F)F)c1. The molecule has 0 aliphatic heterocycles. The molecule has 0 radical (unpaired) electrons. The predicted octanol–water partition coefficient (Wildman–Crippen LogP) is 2.77. The quantitative estimate of drug-likeness (QED) is 0.847. The topological polar surface area (TPSA) is 70.1 Å². The van der Waals surface area contributed by atoms with Gasteiger partial charge in [-0.15, -0.1) is 0 Å². The molecule has 24 heavy (non-hydrogen) atoms. The Balaban J connectivity index is 3.53. The van der Waals surface area contributed by atoms with E-state index in [9.17, 15) is 31.1 Å². The molecular formula is C14H13F6N3O. The Morgan fingerprint density at radius 1 is 1.25 bits per heavy atom. The number of halogens is 6. The van der Waals surface area contributed by atoms with E-state index in [-0.39, 0.29) is 0 Å². The highest BCUT2D eigenvalue weighted by molar-refractivity contribution is 5.85. The molecule has 0 heterocycles. The van der Waals surface area contributed by atoms with Gasteiger partial charge in [0.2, 0.25) is 5.91 Å². The summed E-state index contributed by atoms with van der Waals surface area (Å²) in [6.07, 6.45) is -9.60. The summed E-state index contributed by atoms with van der Waals surface area (Å²) in [4.78, 5) is 12.2. The molecule has 1 aromatic rings. The van der Waals surface area contributed by atoms with Crippen LogP contribution in [0.15, 0.2) is 18.2 Å². The summed E-state index contributed by atoms with van der Waals surface area (Å²) in [5, 5.41) is 8.75. The van der Waals surface area contributed by atoms with E-state index in [1.165, 1.54) is 6.07 Å². The number of nitrogens with zero attached hydrogens (tertiary/aromatic N) is 2. The number of hydrogen-bond donors (Lipinski definition) is 1. The second-order valence-corrected chi connectivity index (χ2v) is 5.28. The molecule has 0 spiro atoms. The zero-order valence-corrected chi connectivity index (χ0v) is 12.6. The molecule has 10 heteroatoms. The zero-order valence-electron chi connectivity index (χ0n) is 12.6. The molecule has 132 valence electrons. The van der Waals surface area contributed by atoms with Crippen molar-refractivity contribution in [2.24, 2.45) is 5.73 Å². The van der Waals surface area contributed by atoms with Crippen LogP contribution in [0.5, 0.6) is 0 Å². The summed E-state index contributed by atoms with van der Waals surface area (Å²) in [6, 6.07) is 3.59. The highest BCUT2D eigenvalue weighted by Gasteiger charge is 2.44. The van der Waals surface area contributed by atoms with Gasteiger partial charge in [-0.1, -0.05) is 6.07 Å². The second kappa shape index (κ2) is 6.32. The summed E-state index contributed by atoms with van der Waals surface area (Å²) in [7, 11) is 0.920. The highest BCUT2D eigenvalue weighted by Crippen LogP contribution is 2.37. The third kappa shape index (κ3) is 3.97. The monoisotopic (exact) mass is 353 g/mol. The summed E-state index contributed by atoms with van der Waals surface area (Å²) >= 11 is 0. The van der Waals surface area contributed by atoms with Crippen LogP contribution >= 0.6 is 0 Å². The van der Waals surface area contributed by atoms with Crippen LogP contribution in [0.2, 0.25) is 0 Å². The number of alkyl halides is 6. The minimum atomic E-state index is -4.91. The van der Waals surface area contributed by atoms with Crippen LogP contribution in [0.4, 0.5) is 26.3 Å². The van der Waals surface area contributed by atoms with Gasteiger partial charge in [-0.05, 0) is 31.7 Å². The van der Waals surface area contributed by atoms with Crippen molar-refractivity contribution < 1.29 is 31.1 Å². The lowest BCUT2D eigenvalue weighted by molar-refractivity contribution is -0.160. The van der Waals surface area contributed by atoms with Gasteiger partial charge in [0.05, 0.1) is 23.7 Å². The molecule has 1 aromatic carbocycles. The summed E-state index contributed by atoms with van der Waals surface area (Å²) in [6.45, 7) is -0.573. The van der Waals surface area contributed by atoms with E-state index >= 15 is 0 Å². The number of primary amides is 1. The normalized spacial score (nSPS) is 15.0. The Kier molecular flexibility index (Phi) is 5.20. The van der Waals surface area contributed by atoms with Crippen LogP contribution < -0.4 is 5.73 Å². The van der Waals surface area contributed by atoms with E-state index < -0.39 is 47.0 Å². The third-order valence-electron chi connectivity index (χ3n) is 3.67. The van der Waals surface area contributed by atoms with Crippen molar-refractivity contribution in [1.82, 2.24) is 4.90 Å². The average Bonchev–Trinajstić information content (AvgIpc) is 2.42. The first-order valence-electron chi connectivity index (χ1n) is 6.43. The maximum atomic E-state index is 13.0. The van der Waals surface area contributed by atoms with Gasteiger partial charge in [0.25, 0.3) is 0 Å². The summed E-state index contributed by atoms with van der Waals surface area (Å²) < 4.78 is 76.8. The smallest absolute Gasteiger partial charge is 0.368 e. The molecule has 0 unspecified atom stereocenters. The molecule has 1 rings (SSSR count). The minimum Gasteiger partial charge on any atom is -0.368 e. The van der Waals surface area contributed by atoms with E-state index in [0.717, 1.165) is 26.1 Å². The van der Waals surface area contributed by atoms with Crippen molar-refractivity contribution in [3.05, 3.63) is 34.9 Å². The number of likely N-dealkylation sites (N-methyl/N-ethyl adjacent to an activating group) is 1. The van der Waals surface area contributed by atoms with Gasteiger partial charge in [-0.25, -0.2) is 0 Å². The van der Waals surface area contributed by atoms with Crippen molar-refractivity contribution in [3.8, 4) is 6.07 Å². The van der Waals surface area contributed by atoms with Crippen LogP contribution in [0.25, 0.3) is 0 Å². The maximum absolute atomic E-state index is 13.0. The molecule has 4 nitrogen and oxygen atoms in total. The lowest BCUT2D eigenvalue weighted by atomic mass is 9.87. The van der Waals surface area contributed by atoms with Crippen LogP contribution in [0.1, 0.15) is 23.6 Å². The molecule has 1 atom stereocenters. The van der Waals surface area contributed by atoms with E-state index in [0.29, 0.717) is 11.0 Å². The van der Waals surface area contributed by atoms with Crippen molar-refractivity contribution >= 4 is 5.91 Å². The van der Waals surface area contributed by atoms with E-state index in [1.54, 1.807) is 0 Å². The minimum absolute atomic E-state index is 0.395. The maximum Gasteiger partial charge on any atom is 0.417 e. The van der Waals surface area contributed by atoms with E-state index in [1.807, 2.05) is 0 Å². The number of nitrogens with two attached hydrogens (primary N) is 1. The first-order chi connectivity index (χ1) is 10.7. The summed E-state index contributed by atoms with van der Waals surface area (Å²) in [5.41, 5.74) is 0.551. The van der Waals surface area contributed by atoms with E-state index in [2.05, 4.69) is 0 Å². The number of hydrogen-bond acceptors (Lipinski definition) is 3. The van der Waals surface area contributed by atoms with E-state index in [4.69, 9.17) is 11.0 Å². The molecule has 0 aliphatic carbocycles. The number of carbonyl (C=O) groups excluding carboxylic acids is 1. The van der Waals surface area contributed by atoms with Gasteiger partial charge in [0, 0.05) is 0 Å². The molecule has 0 fully saturated rings. The van der Waals surface area contributed by atoms with Gasteiger partial charge in [-0.3, -0.25) is 9.69 Å². The lowest BCUT2D eigenvalue weighted by Crippen LogP contribution is -2.53. The molecule has 0 bridgehead atoms. The average molecular weight is 353 g/mol. The van der Waals surface area contributed by atoms with Gasteiger partial charge in [0.1, 0.15) is 5.54 Å². The Morgan fingerprint density at radius 2 is 1.79 bits per heavy atom. The van der Waals surface area contributed by atoms with Gasteiger partial charge in [-0.2, -0.15) is 31.6 Å². The Hall–Kier alpha value is -2.28. The first-order valence-corrected chi connectivity index (χ1v) is 6.43.